The summed E-state index contributed by atoms with van der Waals surface area (Å²) in [6.07, 6.45) is 6.31. The van der Waals surface area contributed by atoms with Crippen molar-refractivity contribution in [2.75, 3.05) is 43.5 Å². The van der Waals surface area contributed by atoms with Gasteiger partial charge in [-0.25, -0.2) is 5.43 Å². The molecule has 3 aromatic rings. The predicted molar refractivity (Wildman–Crippen MR) is 165 cm³/mol. The molecule has 42 heavy (non-hydrogen) atoms. The van der Waals surface area contributed by atoms with Crippen LogP contribution >= 0.6 is 0 Å². The van der Waals surface area contributed by atoms with Crippen LogP contribution in [-0.2, 0) is 6.54 Å². The number of benzene rings is 3. The first kappa shape index (κ1) is 29.3. The van der Waals surface area contributed by atoms with Crippen molar-refractivity contribution in [2.24, 2.45) is 5.10 Å². The van der Waals surface area contributed by atoms with Gasteiger partial charge in [-0.1, -0.05) is 12.1 Å². The maximum absolute atomic E-state index is 13.4. The fourth-order valence-electron chi connectivity index (χ4n) is 5.43. The van der Waals surface area contributed by atoms with Crippen LogP contribution < -0.4 is 20.4 Å². The second-order valence-electron chi connectivity index (χ2n) is 10.9. The quantitative estimate of drug-likeness (QED) is 0.256. The highest BCUT2D eigenvalue weighted by Crippen LogP contribution is 2.27. The first-order chi connectivity index (χ1) is 20.5. The molecule has 2 aliphatic rings. The van der Waals surface area contributed by atoms with Crippen LogP contribution in [0, 0.1) is 0 Å². The number of aliphatic hydroxyl groups excluding tert-OH is 1. The summed E-state index contributed by atoms with van der Waals surface area (Å²) in [5.41, 5.74) is 6.71. The first-order valence-electron chi connectivity index (χ1n) is 14.7. The molecule has 0 radical (unpaired) electrons. The summed E-state index contributed by atoms with van der Waals surface area (Å²) in [5, 5.41) is 16.9. The van der Waals surface area contributed by atoms with E-state index < -0.39 is 5.91 Å². The van der Waals surface area contributed by atoms with Crippen LogP contribution in [0.15, 0.2) is 71.8 Å². The lowest BCUT2D eigenvalue weighted by atomic mass is 10.0. The Bertz CT molecular complexity index is 1390. The van der Waals surface area contributed by atoms with Crippen molar-refractivity contribution in [1.29, 1.82) is 0 Å². The van der Waals surface area contributed by atoms with Crippen LogP contribution in [0.5, 0.6) is 5.75 Å². The minimum absolute atomic E-state index is 0.223. The highest BCUT2D eigenvalue weighted by molar-refractivity contribution is 6.09. The van der Waals surface area contributed by atoms with Crippen LogP contribution in [0.4, 0.5) is 11.4 Å². The van der Waals surface area contributed by atoms with E-state index in [0.29, 0.717) is 16.8 Å². The van der Waals surface area contributed by atoms with Gasteiger partial charge >= 0.3 is 0 Å². The summed E-state index contributed by atoms with van der Waals surface area (Å²) in [6.45, 7) is 4.26. The number of rotatable bonds is 9. The fourth-order valence-corrected chi connectivity index (χ4v) is 5.43. The molecule has 2 amide bonds. The van der Waals surface area contributed by atoms with Crippen molar-refractivity contribution in [3.05, 3.63) is 89.0 Å². The molecule has 2 aliphatic heterocycles. The van der Waals surface area contributed by atoms with E-state index >= 15 is 0 Å². The number of piperidine rings is 2. The number of hydrazone groups is 1. The number of amides is 2. The summed E-state index contributed by atoms with van der Waals surface area (Å²) in [6, 6.07) is 20.5. The van der Waals surface area contributed by atoms with Gasteiger partial charge in [0, 0.05) is 44.0 Å². The Morgan fingerprint density at radius 1 is 0.952 bits per heavy atom. The number of carbonyl (C=O) groups is 2. The number of hydrogen-bond acceptors (Lipinski definition) is 7. The van der Waals surface area contributed by atoms with Gasteiger partial charge in [0.1, 0.15) is 5.75 Å². The topological polar surface area (TPSA) is 106 Å². The Morgan fingerprint density at radius 2 is 1.71 bits per heavy atom. The molecule has 0 aromatic heterocycles. The van der Waals surface area contributed by atoms with Crippen molar-refractivity contribution >= 4 is 29.4 Å². The summed E-state index contributed by atoms with van der Waals surface area (Å²) in [5.74, 6) is 0.0466. The van der Waals surface area contributed by atoms with Crippen LogP contribution in [0.1, 0.15) is 63.9 Å². The molecule has 9 nitrogen and oxygen atoms in total. The van der Waals surface area contributed by atoms with Crippen molar-refractivity contribution in [1.82, 2.24) is 10.3 Å². The largest absolute Gasteiger partial charge is 0.497 e. The molecular formula is C33H39N5O4. The maximum Gasteiger partial charge on any atom is 0.273 e. The van der Waals surface area contributed by atoms with Gasteiger partial charge < -0.3 is 20.1 Å². The number of nitrogens with one attached hydrogen (secondary N) is 2. The van der Waals surface area contributed by atoms with Gasteiger partial charge in [-0.05, 0) is 97.8 Å². The van der Waals surface area contributed by atoms with Gasteiger partial charge in [0.25, 0.3) is 11.8 Å². The molecule has 220 valence electrons. The number of anilines is 2. The monoisotopic (exact) mass is 569 g/mol. The first-order valence-corrected chi connectivity index (χ1v) is 14.7. The highest BCUT2D eigenvalue weighted by atomic mass is 16.5. The molecule has 0 spiro atoms. The number of likely N-dealkylation sites (tertiary alicyclic amines) is 1. The normalized spacial score (nSPS) is 16.4. The third kappa shape index (κ3) is 7.74. The summed E-state index contributed by atoms with van der Waals surface area (Å²) in [4.78, 5) is 31.3. The van der Waals surface area contributed by atoms with Crippen LogP contribution in [0.2, 0.25) is 0 Å². The molecule has 2 fully saturated rings. The van der Waals surface area contributed by atoms with E-state index in [9.17, 15) is 14.7 Å². The molecule has 0 aliphatic carbocycles. The zero-order valence-corrected chi connectivity index (χ0v) is 24.1. The Labute approximate surface area is 247 Å². The van der Waals surface area contributed by atoms with E-state index in [4.69, 9.17) is 4.74 Å². The standard InChI is InChI=1S/C33H39N5O4/c1-42-29-11-8-24(9-12-29)22-34-36-33(41)30-21-27(38-16-3-2-4-17-38)10-13-31(30)35-32(40)26-7-5-6-25(20-26)23-37-18-14-28(39)15-19-37/h5-13,20-22,28,39H,2-4,14-19,23H2,1H3,(H,35,40)(H,36,41). The summed E-state index contributed by atoms with van der Waals surface area (Å²) < 4.78 is 5.19. The molecule has 3 N–H and O–H groups in total. The number of methoxy groups -OCH3 is 1. The summed E-state index contributed by atoms with van der Waals surface area (Å²) >= 11 is 0. The van der Waals surface area contributed by atoms with Gasteiger partial charge in [0.15, 0.2) is 0 Å². The molecule has 2 heterocycles. The second kappa shape index (κ2) is 14.1. The van der Waals surface area contributed by atoms with Gasteiger partial charge in [-0.2, -0.15) is 5.10 Å². The lowest BCUT2D eigenvalue weighted by Gasteiger charge is -2.29. The third-order valence-electron chi connectivity index (χ3n) is 7.87. The zero-order chi connectivity index (χ0) is 29.3. The molecule has 0 atom stereocenters. The minimum Gasteiger partial charge on any atom is -0.497 e. The Morgan fingerprint density at radius 3 is 2.45 bits per heavy atom. The smallest absolute Gasteiger partial charge is 0.273 e. The molecular weight excluding hydrogens is 530 g/mol. The molecule has 9 heteroatoms. The minimum atomic E-state index is -0.407. The molecule has 2 saturated heterocycles. The van der Waals surface area contributed by atoms with E-state index in [-0.39, 0.29) is 12.0 Å². The van der Waals surface area contributed by atoms with Crippen molar-refractivity contribution < 1.29 is 19.4 Å². The maximum atomic E-state index is 13.4. The van der Waals surface area contributed by atoms with Gasteiger partial charge in [0.2, 0.25) is 0 Å². The average molecular weight is 570 g/mol. The van der Waals surface area contributed by atoms with Crippen LogP contribution in [0.25, 0.3) is 0 Å². The van der Waals surface area contributed by atoms with Crippen LogP contribution in [0.3, 0.4) is 0 Å². The number of ether oxygens (including phenoxy) is 1. The van der Waals surface area contributed by atoms with Crippen molar-refractivity contribution in [3.8, 4) is 5.75 Å². The second-order valence-corrected chi connectivity index (χ2v) is 10.9. The van der Waals surface area contributed by atoms with E-state index in [1.807, 2.05) is 54.6 Å². The molecule has 0 unspecified atom stereocenters. The van der Waals surface area contributed by atoms with Gasteiger partial charge in [-0.3, -0.25) is 14.5 Å². The van der Waals surface area contributed by atoms with E-state index in [2.05, 4.69) is 25.6 Å². The van der Waals surface area contributed by atoms with E-state index in [0.717, 1.165) is 81.0 Å². The average Bonchev–Trinajstić information content (AvgIpc) is 3.03. The lowest BCUT2D eigenvalue weighted by Crippen LogP contribution is -2.35. The fraction of sp³-hybridized carbons (Fsp3) is 0.364. The van der Waals surface area contributed by atoms with E-state index in [1.54, 1.807) is 25.5 Å². The number of nitrogens with zero attached hydrogens (tertiary/aromatic N) is 3. The Kier molecular flexibility index (Phi) is 9.84. The Balaban J connectivity index is 1.32. The van der Waals surface area contributed by atoms with Crippen molar-refractivity contribution in [3.63, 3.8) is 0 Å². The molecule has 5 rings (SSSR count). The van der Waals surface area contributed by atoms with Crippen molar-refractivity contribution in [2.45, 2.75) is 44.8 Å². The molecule has 3 aromatic carbocycles. The van der Waals surface area contributed by atoms with Crippen LogP contribution in [-0.4, -0.2) is 67.4 Å². The summed E-state index contributed by atoms with van der Waals surface area (Å²) in [7, 11) is 1.61. The number of aliphatic hydroxyl groups is 1. The number of hydrogen-bond donors (Lipinski definition) is 3. The predicted octanol–water partition coefficient (Wildman–Crippen LogP) is 4.66. The third-order valence-corrected chi connectivity index (χ3v) is 7.87. The Hall–Kier alpha value is -4.21. The lowest BCUT2D eigenvalue weighted by molar-refractivity contribution is 0.0792. The molecule has 0 saturated carbocycles. The number of carbonyl (C=O) groups excluding carboxylic acids is 2. The highest BCUT2D eigenvalue weighted by Gasteiger charge is 2.20. The van der Waals surface area contributed by atoms with E-state index in [1.165, 1.54) is 6.42 Å². The SMILES string of the molecule is COc1ccc(C=NNC(=O)c2cc(N3CCCCC3)ccc2NC(=O)c2cccc(CN3CCC(O)CC3)c2)cc1. The zero-order valence-electron chi connectivity index (χ0n) is 24.1. The van der Waals surface area contributed by atoms with Gasteiger partial charge in [-0.15, -0.1) is 0 Å². The molecule has 0 bridgehead atoms. The van der Waals surface area contributed by atoms with Gasteiger partial charge in [0.05, 0.1) is 30.7 Å².